The SMILES string of the molecule is CCOc1ccc(CC(CNC(=O)Cc2cccc([N+](=O)[O-])c2)C(=O)O)cc1. The predicted molar refractivity (Wildman–Crippen MR) is 102 cm³/mol. The Kier molecular flexibility index (Phi) is 7.50. The van der Waals surface area contributed by atoms with Crippen molar-refractivity contribution in [2.75, 3.05) is 13.2 Å². The largest absolute Gasteiger partial charge is 0.494 e. The summed E-state index contributed by atoms with van der Waals surface area (Å²) < 4.78 is 5.36. The molecule has 0 aliphatic rings. The zero-order valence-corrected chi connectivity index (χ0v) is 15.5. The van der Waals surface area contributed by atoms with Gasteiger partial charge >= 0.3 is 5.97 Å². The van der Waals surface area contributed by atoms with Crippen LogP contribution in [0.2, 0.25) is 0 Å². The molecular formula is C20H22N2O6. The first-order valence-corrected chi connectivity index (χ1v) is 8.83. The number of non-ortho nitro benzene ring substituents is 1. The fourth-order valence-electron chi connectivity index (χ4n) is 2.68. The highest BCUT2D eigenvalue weighted by Crippen LogP contribution is 2.16. The van der Waals surface area contributed by atoms with Crippen LogP contribution >= 0.6 is 0 Å². The van der Waals surface area contributed by atoms with Crippen LogP contribution < -0.4 is 10.1 Å². The monoisotopic (exact) mass is 386 g/mol. The molecule has 1 atom stereocenters. The second-order valence-electron chi connectivity index (χ2n) is 6.22. The topological polar surface area (TPSA) is 119 Å². The second kappa shape index (κ2) is 10.1. The van der Waals surface area contributed by atoms with Crippen LogP contribution in [0.4, 0.5) is 5.69 Å². The summed E-state index contributed by atoms with van der Waals surface area (Å²) in [7, 11) is 0. The lowest BCUT2D eigenvalue weighted by molar-refractivity contribution is -0.384. The quantitative estimate of drug-likeness (QED) is 0.478. The van der Waals surface area contributed by atoms with E-state index in [1.54, 1.807) is 30.3 Å². The molecule has 8 nitrogen and oxygen atoms in total. The van der Waals surface area contributed by atoms with Crippen molar-refractivity contribution < 1.29 is 24.4 Å². The van der Waals surface area contributed by atoms with Gasteiger partial charge in [-0.1, -0.05) is 24.3 Å². The van der Waals surface area contributed by atoms with Crippen LogP contribution in [-0.4, -0.2) is 35.1 Å². The maximum atomic E-state index is 12.1. The molecule has 0 bridgehead atoms. The molecule has 0 aliphatic carbocycles. The van der Waals surface area contributed by atoms with Crippen molar-refractivity contribution in [1.82, 2.24) is 5.32 Å². The summed E-state index contributed by atoms with van der Waals surface area (Å²) in [6.07, 6.45) is 0.204. The Balaban J connectivity index is 1.91. The molecule has 2 aromatic carbocycles. The number of carboxylic acids is 1. The average Bonchev–Trinajstić information content (AvgIpc) is 2.66. The summed E-state index contributed by atoms with van der Waals surface area (Å²) in [5.41, 5.74) is 1.22. The Hall–Kier alpha value is -3.42. The van der Waals surface area contributed by atoms with Crippen molar-refractivity contribution in [3.63, 3.8) is 0 Å². The first-order chi connectivity index (χ1) is 13.4. The van der Waals surface area contributed by atoms with Gasteiger partial charge in [-0.3, -0.25) is 19.7 Å². The number of ether oxygens (including phenoxy) is 1. The van der Waals surface area contributed by atoms with Crippen LogP contribution in [0.3, 0.4) is 0 Å². The molecule has 0 fully saturated rings. The van der Waals surface area contributed by atoms with E-state index in [1.165, 1.54) is 18.2 Å². The van der Waals surface area contributed by atoms with Crippen molar-refractivity contribution in [2.45, 2.75) is 19.8 Å². The Morgan fingerprint density at radius 1 is 1.18 bits per heavy atom. The molecule has 2 N–H and O–H groups in total. The van der Waals surface area contributed by atoms with Gasteiger partial charge in [0.15, 0.2) is 0 Å². The number of hydrogen-bond acceptors (Lipinski definition) is 5. The summed E-state index contributed by atoms with van der Waals surface area (Å²) in [5.74, 6) is -1.47. The fourth-order valence-corrected chi connectivity index (χ4v) is 2.68. The van der Waals surface area contributed by atoms with Crippen LogP contribution in [0.25, 0.3) is 0 Å². The molecule has 0 aromatic heterocycles. The maximum absolute atomic E-state index is 12.1. The maximum Gasteiger partial charge on any atom is 0.308 e. The molecule has 8 heteroatoms. The van der Waals surface area contributed by atoms with Gasteiger partial charge in [-0.15, -0.1) is 0 Å². The zero-order chi connectivity index (χ0) is 20.5. The minimum atomic E-state index is -1.01. The number of carbonyl (C=O) groups is 2. The van der Waals surface area contributed by atoms with Gasteiger partial charge in [0.05, 0.1) is 23.9 Å². The molecule has 0 saturated heterocycles. The number of amides is 1. The lowest BCUT2D eigenvalue weighted by Crippen LogP contribution is -2.34. The normalized spacial score (nSPS) is 11.5. The summed E-state index contributed by atoms with van der Waals surface area (Å²) in [4.78, 5) is 33.9. The first kappa shape index (κ1) is 20.9. The van der Waals surface area contributed by atoms with Gasteiger partial charge in [0.1, 0.15) is 5.75 Å². The minimum absolute atomic E-state index is 0.0314. The number of benzene rings is 2. The number of aliphatic carboxylic acids is 1. The third-order valence-corrected chi connectivity index (χ3v) is 4.10. The molecule has 1 unspecified atom stereocenters. The summed E-state index contributed by atoms with van der Waals surface area (Å²) >= 11 is 0. The van der Waals surface area contributed by atoms with E-state index in [0.29, 0.717) is 17.9 Å². The van der Waals surface area contributed by atoms with Crippen molar-refractivity contribution in [1.29, 1.82) is 0 Å². The number of nitrogens with zero attached hydrogens (tertiary/aromatic N) is 1. The van der Waals surface area contributed by atoms with Gasteiger partial charge in [-0.2, -0.15) is 0 Å². The van der Waals surface area contributed by atoms with Crippen molar-refractivity contribution in [3.05, 3.63) is 69.8 Å². The molecule has 0 spiro atoms. The smallest absolute Gasteiger partial charge is 0.308 e. The number of nitro groups is 1. The number of hydrogen-bond donors (Lipinski definition) is 2. The van der Waals surface area contributed by atoms with Gasteiger partial charge < -0.3 is 15.2 Å². The predicted octanol–water partition coefficient (Wildman–Crippen LogP) is 2.60. The van der Waals surface area contributed by atoms with Crippen molar-refractivity contribution in [2.24, 2.45) is 5.92 Å². The van der Waals surface area contributed by atoms with E-state index < -0.39 is 22.7 Å². The van der Waals surface area contributed by atoms with Crippen LogP contribution in [0.1, 0.15) is 18.1 Å². The molecule has 0 heterocycles. The molecule has 0 saturated carbocycles. The Labute approximate surface area is 162 Å². The van der Waals surface area contributed by atoms with E-state index in [9.17, 15) is 24.8 Å². The van der Waals surface area contributed by atoms with E-state index in [-0.39, 0.29) is 25.1 Å². The molecule has 148 valence electrons. The summed E-state index contributed by atoms with van der Waals surface area (Å²) in [6.45, 7) is 2.40. The molecule has 28 heavy (non-hydrogen) atoms. The standard InChI is InChI=1S/C20H22N2O6/c1-2-28-18-8-6-14(7-9-18)10-16(20(24)25)13-21-19(23)12-15-4-3-5-17(11-15)22(26)27/h3-9,11,16H,2,10,12-13H2,1H3,(H,21,23)(H,24,25). The zero-order valence-electron chi connectivity index (χ0n) is 15.5. The van der Waals surface area contributed by atoms with Gasteiger partial charge in [0.25, 0.3) is 5.69 Å². The van der Waals surface area contributed by atoms with Crippen molar-refractivity contribution >= 4 is 17.6 Å². The number of rotatable bonds is 10. The number of nitrogens with one attached hydrogen (secondary N) is 1. The summed E-state index contributed by atoms with van der Waals surface area (Å²) in [6, 6.07) is 12.9. The third-order valence-electron chi connectivity index (χ3n) is 4.10. The average molecular weight is 386 g/mol. The highest BCUT2D eigenvalue weighted by Gasteiger charge is 2.19. The lowest BCUT2D eigenvalue weighted by Gasteiger charge is -2.14. The highest BCUT2D eigenvalue weighted by molar-refractivity contribution is 5.79. The van der Waals surface area contributed by atoms with E-state index in [1.807, 2.05) is 6.92 Å². The van der Waals surface area contributed by atoms with E-state index in [4.69, 9.17) is 4.74 Å². The Morgan fingerprint density at radius 2 is 1.89 bits per heavy atom. The molecule has 0 aliphatic heterocycles. The molecule has 2 aromatic rings. The van der Waals surface area contributed by atoms with Crippen LogP contribution in [0.15, 0.2) is 48.5 Å². The van der Waals surface area contributed by atoms with E-state index >= 15 is 0 Å². The molecular weight excluding hydrogens is 364 g/mol. The Bertz CT molecular complexity index is 835. The minimum Gasteiger partial charge on any atom is -0.494 e. The van der Waals surface area contributed by atoms with Crippen LogP contribution in [0, 0.1) is 16.0 Å². The third kappa shape index (κ3) is 6.39. The van der Waals surface area contributed by atoms with Crippen LogP contribution in [0.5, 0.6) is 5.75 Å². The van der Waals surface area contributed by atoms with Gasteiger partial charge in [0, 0.05) is 18.7 Å². The first-order valence-electron chi connectivity index (χ1n) is 8.83. The van der Waals surface area contributed by atoms with Gasteiger partial charge in [-0.25, -0.2) is 0 Å². The van der Waals surface area contributed by atoms with Gasteiger partial charge in [0.2, 0.25) is 5.91 Å². The van der Waals surface area contributed by atoms with E-state index in [2.05, 4.69) is 5.32 Å². The van der Waals surface area contributed by atoms with Crippen molar-refractivity contribution in [3.8, 4) is 5.75 Å². The molecule has 1 amide bonds. The summed E-state index contributed by atoms with van der Waals surface area (Å²) in [5, 5.41) is 22.8. The number of carboxylic acid groups (broad SMARTS) is 1. The molecule has 2 rings (SSSR count). The van der Waals surface area contributed by atoms with Gasteiger partial charge in [-0.05, 0) is 36.6 Å². The lowest BCUT2D eigenvalue weighted by atomic mass is 9.99. The Morgan fingerprint density at radius 3 is 2.50 bits per heavy atom. The number of carbonyl (C=O) groups excluding carboxylic acids is 1. The second-order valence-corrected chi connectivity index (χ2v) is 6.22. The molecule has 0 radical (unpaired) electrons. The van der Waals surface area contributed by atoms with E-state index in [0.717, 1.165) is 5.56 Å². The number of nitro benzene ring substituents is 1. The highest BCUT2D eigenvalue weighted by atomic mass is 16.6. The fraction of sp³-hybridized carbons (Fsp3) is 0.300. The van der Waals surface area contributed by atoms with Crippen LogP contribution in [-0.2, 0) is 22.4 Å².